The highest BCUT2D eigenvalue weighted by Gasteiger charge is 2.12. The zero-order valence-electron chi connectivity index (χ0n) is 14.3. The van der Waals surface area contributed by atoms with Gasteiger partial charge in [0.2, 0.25) is 5.91 Å². The molecule has 0 unspecified atom stereocenters. The number of ether oxygens (including phenoxy) is 1. The van der Waals surface area contributed by atoms with Gasteiger partial charge in [0.25, 0.3) is 5.56 Å². The molecule has 1 amide bonds. The van der Waals surface area contributed by atoms with Crippen molar-refractivity contribution in [2.45, 2.75) is 6.54 Å². The predicted octanol–water partition coefficient (Wildman–Crippen LogP) is 3.35. The lowest BCUT2D eigenvalue weighted by Crippen LogP contribution is -2.29. The Morgan fingerprint density at radius 3 is 2.63 bits per heavy atom. The summed E-state index contributed by atoms with van der Waals surface area (Å²) in [5, 5.41) is 7.41. The number of hydrogen-bond acceptors (Lipinski definition) is 4. The van der Waals surface area contributed by atoms with E-state index in [0.717, 1.165) is 4.68 Å². The number of aromatic nitrogens is 2. The second-order valence-electron chi connectivity index (χ2n) is 5.61. The Bertz CT molecular complexity index is 1040. The molecule has 0 aliphatic carbocycles. The van der Waals surface area contributed by atoms with E-state index >= 15 is 0 Å². The average molecular weight is 388 g/mol. The van der Waals surface area contributed by atoms with Gasteiger partial charge in [-0.1, -0.05) is 11.6 Å². The van der Waals surface area contributed by atoms with E-state index in [-0.39, 0.29) is 12.3 Å². The first-order valence-electron chi connectivity index (χ1n) is 7.94. The van der Waals surface area contributed by atoms with Crippen LogP contribution < -0.4 is 15.6 Å². The molecule has 6 nitrogen and oxygen atoms in total. The molecule has 0 spiro atoms. The molecule has 0 atom stereocenters. The lowest BCUT2D eigenvalue weighted by molar-refractivity contribution is -0.117. The van der Waals surface area contributed by atoms with E-state index in [4.69, 9.17) is 16.3 Å². The van der Waals surface area contributed by atoms with E-state index in [2.05, 4.69) is 10.4 Å². The highest BCUT2D eigenvalue weighted by Crippen LogP contribution is 2.28. The number of methoxy groups -OCH3 is 1. The van der Waals surface area contributed by atoms with Crippen LogP contribution in [0.3, 0.4) is 0 Å². The number of carbonyl (C=O) groups excluding carboxylic acids is 1. The Balaban J connectivity index is 1.84. The molecule has 8 heteroatoms. The van der Waals surface area contributed by atoms with E-state index in [1.54, 1.807) is 24.3 Å². The number of carbonyl (C=O) groups is 1. The quantitative estimate of drug-likeness (QED) is 0.728. The SMILES string of the molecule is COc1cc(F)ccc1-c1ccc(=O)n(CC(=O)Nc2ccc(Cl)cc2)n1. The first kappa shape index (κ1) is 18.6. The molecular formula is C19H15ClFN3O3. The van der Waals surface area contributed by atoms with Gasteiger partial charge in [-0.25, -0.2) is 9.07 Å². The monoisotopic (exact) mass is 387 g/mol. The summed E-state index contributed by atoms with van der Waals surface area (Å²) in [7, 11) is 1.41. The molecule has 3 aromatic rings. The fraction of sp³-hybridized carbons (Fsp3) is 0.105. The lowest BCUT2D eigenvalue weighted by atomic mass is 10.1. The van der Waals surface area contributed by atoms with Gasteiger partial charge in [0, 0.05) is 28.4 Å². The number of benzene rings is 2. The van der Waals surface area contributed by atoms with Crippen molar-refractivity contribution in [3.05, 3.63) is 75.8 Å². The van der Waals surface area contributed by atoms with Gasteiger partial charge in [-0.3, -0.25) is 9.59 Å². The van der Waals surface area contributed by atoms with Gasteiger partial charge in [-0.05, 0) is 42.5 Å². The van der Waals surface area contributed by atoms with Crippen molar-refractivity contribution in [2.75, 3.05) is 12.4 Å². The Hall–Kier alpha value is -3.19. The second kappa shape index (κ2) is 8.01. The van der Waals surface area contributed by atoms with Crippen LogP contribution in [0.15, 0.2) is 59.4 Å². The Labute approximate surface area is 159 Å². The first-order valence-corrected chi connectivity index (χ1v) is 8.31. The Morgan fingerprint density at radius 1 is 1.19 bits per heavy atom. The van der Waals surface area contributed by atoms with E-state index in [1.165, 1.54) is 37.4 Å². The van der Waals surface area contributed by atoms with Crippen LogP contribution in [-0.4, -0.2) is 22.8 Å². The summed E-state index contributed by atoms with van der Waals surface area (Å²) in [6.07, 6.45) is 0. The maximum Gasteiger partial charge on any atom is 0.267 e. The summed E-state index contributed by atoms with van der Waals surface area (Å²) in [5.41, 5.74) is 0.997. The molecule has 0 aliphatic heterocycles. The summed E-state index contributed by atoms with van der Waals surface area (Å²) in [6.45, 7) is -0.279. The fourth-order valence-electron chi connectivity index (χ4n) is 2.45. The summed E-state index contributed by atoms with van der Waals surface area (Å²) < 4.78 is 19.6. The molecule has 1 N–H and O–H groups in total. The van der Waals surface area contributed by atoms with Crippen LogP contribution in [0.1, 0.15) is 0 Å². The van der Waals surface area contributed by atoms with E-state index in [1.807, 2.05) is 0 Å². The van der Waals surface area contributed by atoms with Crippen molar-refractivity contribution in [3.8, 4) is 17.0 Å². The van der Waals surface area contributed by atoms with Crippen LogP contribution >= 0.6 is 11.6 Å². The van der Waals surface area contributed by atoms with Gasteiger partial charge >= 0.3 is 0 Å². The number of rotatable bonds is 5. The standard InChI is InChI=1S/C19H15ClFN3O3/c1-27-17-10-13(21)4-7-15(17)16-8-9-19(26)24(23-16)11-18(25)22-14-5-2-12(20)3-6-14/h2-10H,11H2,1H3,(H,22,25). The average Bonchev–Trinajstić information content (AvgIpc) is 2.65. The maximum absolute atomic E-state index is 13.4. The van der Waals surface area contributed by atoms with Crippen LogP contribution in [0.5, 0.6) is 5.75 Å². The zero-order valence-corrected chi connectivity index (χ0v) is 15.0. The topological polar surface area (TPSA) is 73.2 Å². The smallest absolute Gasteiger partial charge is 0.267 e. The van der Waals surface area contributed by atoms with Gasteiger partial charge in [-0.2, -0.15) is 5.10 Å². The minimum atomic E-state index is -0.453. The van der Waals surface area contributed by atoms with Gasteiger partial charge < -0.3 is 10.1 Å². The highest BCUT2D eigenvalue weighted by molar-refractivity contribution is 6.30. The predicted molar refractivity (Wildman–Crippen MR) is 101 cm³/mol. The number of anilines is 1. The molecule has 0 bridgehead atoms. The fourth-order valence-corrected chi connectivity index (χ4v) is 2.58. The third-order valence-corrected chi connectivity index (χ3v) is 3.98. The summed E-state index contributed by atoms with van der Waals surface area (Å²) >= 11 is 5.81. The van der Waals surface area contributed by atoms with Gasteiger partial charge in [0.05, 0.1) is 12.8 Å². The maximum atomic E-state index is 13.4. The van der Waals surface area contributed by atoms with Crippen molar-refractivity contribution in [2.24, 2.45) is 0 Å². The molecule has 1 aromatic heterocycles. The number of halogens is 2. The number of nitrogens with one attached hydrogen (secondary N) is 1. The van der Waals surface area contributed by atoms with Crippen LogP contribution in [-0.2, 0) is 11.3 Å². The van der Waals surface area contributed by atoms with Crippen molar-refractivity contribution in [1.29, 1.82) is 0 Å². The summed E-state index contributed by atoms with van der Waals surface area (Å²) in [6, 6.07) is 13.4. The van der Waals surface area contributed by atoms with Crippen LogP contribution in [0, 0.1) is 5.82 Å². The van der Waals surface area contributed by atoms with E-state index in [0.29, 0.717) is 22.0 Å². The molecule has 0 saturated carbocycles. The minimum absolute atomic E-state index is 0.276. The van der Waals surface area contributed by atoms with Crippen LogP contribution in [0.4, 0.5) is 10.1 Å². The zero-order chi connectivity index (χ0) is 19.4. The van der Waals surface area contributed by atoms with Crippen LogP contribution in [0.25, 0.3) is 11.3 Å². The first-order chi connectivity index (χ1) is 13.0. The molecule has 0 radical (unpaired) electrons. The van der Waals surface area contributed by atoms with Gasteiger partial charge in [-0.15, -0.1) is 0 Å². The third kappa shape index (κ3) is 4.51. The molecule has 0 saturated heterocycles. The summed E-state index contributed by atoms with van der Waals surface area (Å²) in [5.74, 6) is -0.597. The van der Waals surface area contributed by atoms with Crippen molar-refractivity contribution < 1.29 is 13.9 Å². The molecular weight excluding hydrogens is 373 g/mol. The normalized spacial score (nSPS) is 10.5. The molecule has 0 fully saturated rings. The van der Waals surface area contributed by atoms with E-state index < -0.39 is 17.3 Å². The number of hydrogen-bond donors (Lipinski definition) is 1. The van der Waals surface area contributed by atoms with Crippen molar-refractivity contribution in [1.82, 2.24) is 9.78 Å². The van der Waals surface area contributed by atoms with Gasteiger partial charge in [0.1, 0.15) is 18.1 Å². The third-order valence-electron chi connectivity index (χ3n) is 3.73. The minimum Gasteiger partial charge on any atom is -0.496 e. The van der Waals surface area contributed by atoms with Gasteiger partial charge in [0.15, 0.2) is 0 Å². The summed E-state index contributed by atoms with van der Waals surface area (Å²) in [4.78, 5) is 24.3. The van der Waals surface area contributed by atoms with E-state index in [9.17, 15) is 14.0 Å². The largest absolute Gasteiger partial charge is 0.496 e. The van der Waals surface area contributed by atoms with Crippen molar-refractivity contribution >= 4 is 23.2 Å². The highest BCUT2D eigenvalue weighted by atomic mass is 35.5. The molecule has 27 heavy (non-hydrogen) atoms. The Kier molecular flexibility index (Phi) is 5.52. The van der Waals surface area contributed by atoms with Crippen LogP contribution in [0.2, 0.25) is 5.02 Å². The molecule has 1 heterocycles. The van der Waals surface area contributed by atoms with Crippen molar-refractivity contribution in [3.63, 3.8) is 0 Å². The second-order valence-corrected chi connectivity index (χ2v) is 6.05. The molecule has 0 aliphatic rings. The molecule has 2 aromatic carbocycles. The molecule has 138 valence electrons. The number of amides is 1. The lowest BCUT2D eigenvalue weighted by Gasteiger charge is -2.11. The Morgan fingerprint density at radius 2 is 1.93 bits per heavy atom. The number of nitrogens with zero attached hydrogens (tertiary/aromatic N) is 2. The molecule has 3 rings (SSSR count).